The summed E-state index contributed by atoms with van der Waals surface area (Å²) in [6.45, 7) is 6.22. The summed E-state index contributed by atoms with van der Waals surface area (Å²) in [7, 11) is 0. The number of alkyl halides is 1. The van der Waals surface area contributed by atoms with Gasteiger partial charge >= 0.3 is 0 Å². The van der Waals surface area contributed by atoms with Crippen LogP contribution in [-0.2, 0) is 12.8 Å². The SMILES string of the molecule is CC(C)C(CCl)NCCc1ccc2c(c1)CCO2. The molecule has 1 aliphatic rings. The zero-order chi connectivity index (χ0) is 13.0. The fourth-order valence-electron chi connectivity index (χ4n) is 2.27. The standard InChI is InChI=1S/C15H22ClNO/c1-11(2)14(10-16)17-7-5-12-3-4-15-13(9-12)6-8-18-15/h3-4,9,11,14,17H,5-8,10H2,1-2H3. The lowest BCUT2D eigenvalue weighted by atomic mass is 10.0. The van der Waals surface area contributed by atoms with E-state index in [1.54, 1.807) is 0 Å². The third kappa shape index (κ3) is 3.39. The maximum Gasteiger partial charge on any atom is 0.122 e. The molecule has 18 heavy (non-hydrogen) atoms. The highest BCUT2D eigenvalue weighted by molar-refractivity contribution is 6.18. The average molecular weight is 268 g/mol. The van der Waals surface area contributed by atoms with Gasteiger partial charge in [-0.1, -0.05) is 26.0 Å². The van der Waals surface area contributed by atoms with Gasteiger partial charge in [0.2, 0.25) is 0 Å². The van der Waals surface area contributed by atoms with E-state index in [-0.39, 0.29) is 0 Å². The summed E-state index contributed by atoms with van der Waals surface area (Å²) < 4.78 is 5.51. The molecule has 0 amide bonds. The van der Waals surface area contributed by atoms with Crippen molar-refractivity contribution in [1.29, 1.82) is 0 Å². The van der Waals surface area contributed by atoms with E-state index in [0.29, 0.717) is 17.8 Å². The molecule has 0 saturated carbocycles. The van der Waals surface area contributed by atoms with E-state index in [4.69, 9.17) is 16.3 Å². The van der Waals surface area contributed by atoms with Crippen molar-refractivity contribution in [3.8, 4) is 5.75 Å². The van der Waals surface area contributed by atoms with Crippen molar-refractivity contribution in [3.63, 3.8) is 0 Å². The van der Waals surface area contributed by atoms with Crippen LogP contribution in [0.4, 0.5) is 0 Å². The molecule has 1 atom stereocenters. The second-order valence-corrected chi connectivity index (χ2v) is 5.56. The summed E-state index contributed by atoms with van der Waals surface area (Å²) >= 11 is 5.94. The second kappa shape index (κ2) is 6.44. The Balaban J connectivity index is 1.83. The third-order valence-corrected chi connectivity index (χ3v) is 3.88. The molecule has 2 rings (SSSR count). The molecule has 3 heteroatoms. The number of hydrogen-bond acceptors (Lipinski definition) is 2. The lowest BCUT2D eigenvalue weighted by Gasteiger charge is -2.19. The van der Waals surface area contributed by atoms with Gasteiger partial charge in [0.1, 0.15) is 5.75 Å². The van der Waals surface area contributed by atoms with E-state index in [2.05, 4.69) is 37.4 Å². The summed E-state index contributed by atoms with van der Waals surface area (Å²) in [6, 6.07) is 6.94. The van der Waals surface area contributed by atoms with Gasteiger partial charge < -0.3 is 10.1 Å². The van der Waals surface area contributed by atoms with Crippen LogP contribution in [0, 0.1) is 5.92 Å². The van der Waals surface area contributed by atoms with Gasteiger partial charge in [-0.05, 0) is 36.1 Å². The van der Waals surface area contributed by atoms with E-state index in [1.807, 2.05) is 0 Å². The predicted octanol–water partition coefficient (Wildman–Crippen LogP) is 3.02. The van der Waals surface area contributed by atoms with Crippen LogP contribution in [0.2, 0.25) is 0 Å². The molecule has 1 aromatic rings. The first-order valence-corrected chi connectivity index (χ1v) is 7.28. The lowest BCUT2D eigenvalue weighted by molar-refractivity contribution is 0.357. The van der Waals surface area contributed by atoms with Crippen LogP contribution in [0.15, 0.2) is 18.2 Å². The van der Waals surface area contributed by atoms with Crippen molar-refractivity contribution in [2.45, 2.75) is 32.7 Å². The Morgan fingerprint density at radius 1 is 1.39 bits per heavy atom. The maximum atomic E-state index is 5.94. The molecule has 1 aliphatic heterocycles. The highest BCUT2D eigenvalue weighted by atomic mass is 35.5. The minimum absolute atomic E-state index is 0.407. The molecule has 1 unspecified atom stereocenters. The monoisotopic (exact) mass is 267 g/mol. The van der Waals surface area contributed by atoms with E-state index >= 15 is 0 Å². The van der Waals surface area contributed by atoms with E-state index in [9.17, 15) is 0 Å². The Labute approximate surface area is 115 Å². The highest BCUT2D eigenvalue weighted by Crippen LogP contribution is 2.25. The number of benzene rings is 1. The first-order chi connectivity index (χ1) is 8.70. The number of hydrogen-bond donors (Lipinski definition) is 1. The minimum Gasteiger partial charge on any atom is -0.493 e. The molecule has 1 aromatic carbocycles. The van der Waals surface area contributed by atoms with Crippen molar-refractivity contribution >= 4 is 11.6 Å². The molecule has 0 spiro atoms. The third-order valence-electron chi connectivity index (χ3n) is 3.55. The zero-order valence-corrected chi connectivity index (χ0v) is 12.0. The van der Waals surface area contributed by atoms with Gasteiger partial charge in [0, 0.05) is 18.3 Å². The van der Waals surface area contributed by atoms with Crippen LogP contribution in [0.25, 0.3) is 0 Å². The summed E-state index contributed by atoms with van der Waals surface area (Å²) in [5.41, 5.74) is 2.73. The largest absolute Gasteiger partial charge is 0.493 e. The van der Waals surface area contributed by atoms with Crippen molar-refractivity contribution in [2.75, 3.05) is 19.0 Å². The van der Waals surface area contributed by atoms with Crippen LogP contribution in [0.3, 0.4) is 0 Å². The number of ether oxygens (including phenoxy) is 1. The molecule has 0 radical (unpaired) electrons. The quantitative estimate of drug-likeness (QED) is 0.800. The van der Waals surface area contributed by atoms with Crippen LogP contribution in [0.5, 0.6) is 5.75 Å². The molecule has 0 aromatic heterocycles. The van der Waals surface area contributed by atoms with Gasteiger partial charge in [0.15, 0.2) is 0 Å². The number of fused-ring (bicyclic) bond motifs is 1. The van der Waals surface area contributed by atoms with Gasteiger partial charge in [0.25, 0.3) is 0 Å². The first-order valence-electron chi connectivity index (χ1n) is 6.74. The Bertz CT molecular complexity index is 392. The van der Waals surface area contributed by atoms with E-state index in [1.165, 1.54) is 11.1 Å². The smallest absolute Gasteiger partial charge is 0.122 e. The Morgan fingerprint density at radius 2 is 2.22 bits per heavy atom. The van der Waals surface area contributed by atoms with Gasteiger partial charge in [-0.3, -0.25) is 0 Å². The number of halogens is 1. The summed E-state index contributed by atoms with van der Waals surface area (Å²) in [5.74, 6) is 2.32. The molecule has 0 aliphatic carbocycles. The van der Waals surface area contributed by atoms with Crippen LogP contribution in [0.1, 0.15) is 25.0 Å². The van der Waals surface area contributed by atoms with Crippen molar-refractivity contribution < 1.29 is 4.74 Å². The van der Waals surface area contributed by atoms with Crippen molar-refractivity contribution in [1.82, 2.24) is 5.32 Å². The maximum absolute atomic E-state index is 5.94. The van der Waals surface area contributed by atoms with Crippen molar-refractivity contribution in [3.05, 3.63) is 29.3 Å². The van der Waals surface area contributed by atoms with Gasteiger partial charge in [0.05, 0.1) is 6.61 Å². The molecular weight excluding hydrogens is 246 g/mol. The number of rotatable bonds is 6. The molecule has 2 nitrogen and oxygen atoms in total. The molecule has 1 N–H and O–H groups in total. The van der Waals surface area contributed by atoms with Gasteiger partial charge in [-0.15, -0.1) is 11.6 Å². The molecule has 1 heterocycles. The Kier molecular flexibility index (Phi) is 4.90. The van der Waals surface area contributed by atoms with Crippen molar-refractivity contribution in [2.24, 2.45) is 5.92 Å². The molecule has 0 fully saturated rings. The fraction of sp³-hybridized carbons (Fsp3) is 0.600. The average Bonchev–Trinajstić information content (AvgIpc) is 2.81. The Hall–Kier alpha value is -0.730. The van der Waals surface area contributed by atoms with Crippen LogP contribution >= 0.6 is 11.6 Å². The summed E-state index contributed by atoms with van der Waals surface area (Å²) in [4.78, 5) is 0. The molecule has 0 bridgehead atoms. The van der Waals surface area contributed by atoms with Crippen LogP contribution in [-0.4, -0.2) is 25.1 Å². The van der Waals surface area contributed by atoms with Gasteiger partial charge in [-0.2, -0.15) is 0 Å². The summed E-state index contributed by atoms with van der Waals surface area (Å²) in [5, 5.41) is 3.52. The van der Waals surface area contributed by atoms with Gasteiger partial charge in [-0.25, -0.2) is 0 Å². The highest BCUT2D eigenvalue weighted by Gasteiger charge is 2.13. The normalized spacial score (nSPS) is 15.6. The predicted molar refractivity (Wildman–Crippen MR) is 76.7 cm³/mol. The minimum atomic E-state index is 0.407. The lowest BCUT2D eigenvalue weighted by Crippen LogP contribution is -2.36. The van der Waals surface area contributed by atoms with Crippen LogP contribution < -0.4 is 10.1 Å². The summed E-state index contributed by atoms with van der Waals surface area (Å²) in [6.07, 6.45) is 2.10. The Morgan fingerprint density at radius 3 is 2.94 bits per heavy atom. The molecule has 0 saturated heterocycles. The van der Waals surface area contributed by atoms with E-state index in [0.717, 1.165) is 31.7 Å². The number of nitrogens with one attached hydrogen (secondary N) is 1. The second-order valence-electron chi connectivity index (χ2n) is 5.25. The topological polar surface area (TPSA) is 21.3 Å². The molecule has 100 valence electrons. The molecular formula is C15H22ClNO. The fourth-order valence-corrected chi connectivity index (χ4v) is 2.73. The zero-order valence-electron chi connectivity index (χ0n) is 11.2. The van der Waals surface area contributed by atoms with E-state index < -0.39 is 0 Å². The first kappa shape index (κ1) is 13.7.